The molecule has 2 aromatic rings. The molecule has 3 rings (SSSR count). The molecule has 26 heavy (non-hydrogen) atoms. The molecular formula is C19H19BrClN3O2. The first-order chi connectivity index (χ1) is 12.5. The standard InChI is InChI=1S/C19H19BrClN3O2/c1-23(12-18(25)22-14-8-6-13(20)7-9-14)17-10-11-24(19(17)26)16-5-3-2-4-15(16)21/h2-9,17H,10-12H2,1H3,(H,22,25). The monoisotopic (exact) mass is 435 g/mol. The first-order valence-electron chi connectivity index (χ1n) is 8.27. The number of hydrogen-bond acceptors (Lipinski definition) is 3. The highest BCUT2D eigenvalue weighted by Gasteiger charge is 2.36. The van der Waals surface area contributed by atoms with Gasteiger partial charge in [-0.15, -0.1) is 0 Å². The van der Waals surface area contributed by atoms with E-state index in [-0.39, 0.29) is 24.4 Å². The number of para-hydroxylation sites is 1. The maximum Gasteiger partial charge on any atom is 0.244 e. The van der Waals surface area contributed by atoms with E-state index in [1.807, 2.05) is 42.5 Å². The van der Waals surface area contributed by atoms with Gasteiger partial charge in [0.15, 0.2) is 0 Å². The van der Waals surface area contributed by atoms with Crippen LogP contribution in [0.25, 0.3) is 0 Å². The quantitative estimate of drug-likeness (QED) is 0.776. The van der Waals surface area contributed by atoms with Crippen LogP contribution >= 0.6 is 27.5 Å². The third-order valence-electron chi connectivity index (χ3n) is 4.37. The zero-order chi connectivity index (χ0) is 18.7. The number of halogens is 2. The van der Waals surface area contributed by atoms with Gasteiger partial charge in [-0.2, -0.15) is 0 Å². The van der Waals surface area contributed by atoms with Crippen LogP contribution in [0.5, 0.6) is 0 Å². The van der Waals surface area contributed by atoms with Crippen molar-refractivity contribution in [1.29, 1.82) is 0 Å². The van der Waals surface area contributed by atoms with Crippen molar-refractivity contribution in [2.75, 3.05) is 30.4 Å². The van der Waals surface area contributed by atoms with Gasteiger partial charge < -0.3 is 10.2 Å². The topological polar surface area (TPSA) is 52.7 Å². The summed E-state index contributed by atoms with van der Waals surface area (Å²) in [6.07, 6.45) is 0.659. The fourth-order valence-electron chi connectivity index (χ4n) is 3.05. The zero-order valence-electron chi connectivity index (χ0n) is 14.3. The van der Waals surface area contributed by atoms with Crippen LogP contribution in [0.4, 0.5) is 11.4 Å². The Balaban J connectivity index is 1.60. The average molecular weight is 437 g/mol. The van der Waals surface area contributed by atoms with Crippen molar-refractivity contribution in [3.8, 4) is 0 Å². The molecule has 1 heterocycles. The minimum absolute atomic E-state index is 0.0305. The molecule has 0 saturated carbocycles. The predicted molar refractivity (Wildman–Crippen MR) is 108 cm³/mol. The van der Waals surface area contributed by atoms with Crippen LogP contribution in [0.3, 0.4) is 0 Å². The number of carbonyl (C=O) groups excluding carboxylic acids is 2. The van der Waals surface area contributed by atoms with Gasteiger partial charge >= 0.3 is 0 Å². The molecular weight excluding hydrogens is 418 g/mol. The van der Waals surface area contributed by atoms with Gasteiger partial charge in [0.2, 0.25) is 11.8 Å². The lowest BCUT2D eigenvalue weighted by Crippen LogP contribution is -2.43. The van der Waals surface area contributed by atoms with E-state index in [1.54, 1.807) is 22.9 Å². The van der Waals surface area contributed by atoms with E-state index in [4.69, 9.17) is 11.6 Å². The maximum atomic E-state index is 12.8. The van der Waals surface area contributed by atoms with E-state index < -0.39 is 0 Å². The van der Waals surface area contributed by atoms with Gasteiger partial charge in [-0.05, 0) is 49.9 Å². The summed E-state index contributed by atoms with van der Waals surface area (Å²) in [7, 11) is 1.79. The number of carbonyl (C=O) groups is 2. The minimum Gasteiger partial charge on any atom is -0.325 e. The average Bonchev–Trinajstić information content (AvgIpc) is 2.99. The number of amides is 2. The summed E-state index contributed by atoms with van der Waals surface area (Å²) >= 11 is 9.57. The molecule has 1 N–H and O–H groups in total. The number of likely N-dealkylation sites (N-methyl/N-ethyl adjacent to an activating group) is 1. The normalized spacial score (nSPS) is 17.0. The molecule has 1 saturated heterocycles. The van der Waals surface area contributed by atoms with Crippen LogP contribution in [0.2, 0.25) is 5.02 Å². The second-order valence-electron chi connectivity index (χ2n) is 6.22. The largest absolute Gasteiger partial charge is 0.325 e. The van der Waals surface area contributed by atoms with Crippen molar-refractivity contribution in [3.63, 3.8) is 0 Å². The van der Waals surface area contributed by atoms with Crippen LogP contribution in [-0.2, 0) is 9.59 Å². The lowest BCUT2D eigenvalue weighted by atomic mass is 10.2. The highest BCUT2D eigenvalue weighted by atomic mass is 79.9. The Morgan fingerprint density at radius 3 is 2.65 bits per heavy atom. The molecule has 1 unspecified atom stereocenters. The summed E-state index contributed by atoms with van der Waals surface area (Å²) in [5.74, 6) is -0.184. The second kappa shape index (κ2) is 8.20. The van der Waals surface area contributed by atoms with E-state index in [0.717, 1.165) is 15.8 Å². The van der Waals surface area contributed by atoms with E-state index in [9.17, 15) is 9.59 Å². The van der Waals surface area contributed by atoms with Crippen LogP contribution in [-0.4, -0.2) is 42.9 Å². The Morgan fingerprint density at radius 2 is 1.96 bits per heavy atom. The van der Waals surface area contributed by atoms with Gasteiger partial charge in [-0.25, -0.2) is 0 Å². The van der Waals surface area contributed by atoms with Gasteiger partial charge in [-0.3, -0.25) is 14.5 Å². The molecule has 2 aromatic carbocycles. The molecule has 0 aliphatic carbocycles. The van der Waals surface area contributed by atoms with Gasteiger partial charge in [0.25, 0.3) is 0 Å². The zero-order valence-corrected chi connectivity index (χ0v) is 16.6. The first kappa shape index (κ1) is 18.9. The molecule has 0 spiro atoms. The molecule has 1 aliphatic heterocycles. The summed E-state index contributed by atoms with van der Waals surface area (Å²) in [4.78, 5) is 28.5. The number of hydrogen-bond donors (Lipinski definition) is 1. The van der Waals surface area contributed by atoms with E-state index in [0.29, 0.717) is 18.0 Å². The molecule has 1 fully saturated rings. The molecule has 136 valence electrons. The summed E-state index contributed by atoms with van der Waals surface area (Å²) in [5, 5.41) is 3.40. The fraction of sp³-hybridized carbons (Fsp3) is 0.263. The minimum atomic E-state index is -0.332. The van der Waals surface area contributed by atoms with Crippen molar-refractivity contribution >= 4 is 50.7 Å². The van der Waals surface area contributed by atoms with Crippen molar-refractivity contribution in [2.24, 2.45) is 0 Å². The number of nitrogens with zero attached hydrogens (tertiary/aromatic N) is 2. The summed E-state index contributed by atoms with van der Waals surface area (Å²) in [5.41, 5.74) is 1.44. The summed E-state index contributed by atoms with van der Waals surface area (Å²) in [6, 6.07) is 14.3. The van der Waals surface area contributed by atoms with Crippen LogP contribution in [0, 0.1) is 0 Å². The smallest absolute Gasteiger partial charge is 0.244 e. The lowest BCUT2D eigenvalue weighted by molar-refractivity contribution is -0.123. The molecule has 1 atom stereocenters. The molecule has 0 radical (unpaired) electrons. The fourth-order valence-corrected chi connectivity index (χ4v) is 3.56. The Labute approximate surface area is 166 Å². The third-order valence-corrected chi connectivity index (χ3v) is 5.22. The molecule has 2 amide bonds. The SMILES string of the molecule is CN(CC(=O)Nc1ccc(Br)cc1)C1CCN(c2ccccc2Cl)C1=O. The number of rotatable bonds is 5. The van der Waals surface area contributed by atoms with E-state index in [1.165, 1.54) is 0 Å². The highest BCUT2D eigenvalue weighted by Crippen LogP contribution is 2.30. The summed E-state index contributed by atoms with van der Waals surface area (Å²) < 4.78 is 0.948. The Bertz CT molecular complexity index is 813. The molecule has 0 bridgehead atoms. The third kappa shape index (κ3) is 4.26. The van der Waals surface area contributed by atoms with Gasteiger partial charge in [-0.1, -0.05) is 39.7 Å². The van der Waals surface area contributed by atoms with Crippen molar-refractivity contribution < 1.29 is 9.59 Å². The molecule has 5 nitrogen and oxygen atoms in total. The molecule has 0 aromatic heterocycles. The van der Waals surface area contributed by atoms with Crippen LogP contribution in [0.15, 0.2) is 53.0 Å². The Morgan fingerprint density at radius 1 is 1.27 bits per heavy atom. The predicted octanol–water partition coefficient (Wildman–Crippen LogP) is 3.78. The van der Waals surface area contributed by atoms with Crippen molar-refractivity contribution in [1.82, 2.24) is 4.90 Å². The Hall–Kier alpha value is -1.89. The van der Waals surface area contributed by atoms with Gasteiger partial charge in [0, 0.05) is 16.7 Å². The first-order valence-corrected chi connectivity index (χ1v) is 9.44. The number of nitrogens with one attached hydrogen (secondary N) is 1. The molecule has 1 aliphatic rings. The van der Waals surface area contributed by atoms with E-state index >= 15 is 0 Å². The Kier molecular flexibility index (Phi) is 5.96. The van der Waals surface area contributed by atoms with Crippen LogP contribution in [0.1, 0.15) is 6.42 Å². The second-order valence-corrected chi connectivity index (χ2v) is 7.54. The number of anilines is 2. The lowest BCUT2D eigenvalue weighted by Gasteiger charge is -2.23. The van der Waals surface area contributed by atoms with Crippen molar-refractivity contribution in [2.45, 2.75) is 12.5 Å². The highest BCUT2D eigenvalue weighted by molar-refractivity contribution is 9.10. The van der Waals surface area contributed by atoms with Crippen molar-refractivity contribution in [3.05, 3.63) is 58.0 Å². The maximum absolute atomic E-state index is 12.8. The summed E-state index contributed by atoms with van der Waals surface area (Å²) in [6.45, 7) is 0.731. The van der Waals surface area contributed by atoms with Gasteiger partial charge in [0.05, 0.1) is 23.3 Å². The van der Waals surface area contributed by atoms with E-state index in [2.05, 4.69) is 21.2 Å². The van der Waals surface area contributed by atoms with Gasteiger partial charge in [0.1, 0.15) is 0 Å². The number of benzene rings is 2. The van der Waals surface area contributed by atoms with Crippen LogP contribution < -0.4 is 10.2 Å². The molecule has 7 heteroatoms.